The first-order chi connectivity index (χ1) is 12.2. The zero-order chi connectivity index (χ0) is 19.5. The van der Waals surface area contributed by atoms with Crippen molar-refractivity contribution < 1.29 is 17.6 Å². The van der Waals surface area contributed by atoms with E-state index in [0.717, 1.165) is 22.2 Å². The van der Waals surface area contributed by atoms with E-state index in [-0.39, 0.29) is 23.5 Å². The lowest BCUT2D eigenvalue weighted by atomic mass is 10.1. The van der Waals surface area contributed by atoms with Gasteiger partial charge in [0.05, 0.1) is 10.5 Å². The molecule has 140 valence electrons. The van der Waals surface area contributed by atoms with Gasteiger partial charge >= 0.3 is 0 Å². The van der Waals surface area contributed by atoms with Gasteiger partial charge in [0.1, 0.15) is 5.82 Å². The Labute approximate surface area is 161 Å². The van der Waals surface area contributed by atoms with Gasteiger partial charge in [-0.2, -0.15) is 4.31 Å². The molecule has 0 saturated carbocycles. The highest BCUT2D eigenvalue weighted by atomic mass is 79.9. The molecule has 0 aliphatic carbocycles. The Bertz CT molecular complexity index is 928. The van der Waals surface area contributed by atoms with E-state index in [1.54, 1.807) is 32.0 Å². The van der Waals surface area contributed by atoms with Crippen LogP contribution in [0.5, 0.6) is 0 Å². The van der Waals surface area contributed by atoms with E-state index in [1.165, 1.54) is 10.4 Å². The highest BCUT2D eigenvalue weighted by molar-refractivity contribution is 9.10. The van der Waals surface area contributed by atoms with Crippen LogP contribution in [0.3, 0.4) is 0 Å². The number of anilines is 1. The van der Waals surface area contributed by atoms with E-state index in [0.29, 0.717) is 5.69 Å². The summed E-state index contributed by atoms with van der Waals surface area (Å²) in [5.74, 6) is -1.49. The fraction of sp³-hybridized carbons (Fsp3) is 0.278. The second kappa shape index (κ2) is 8.28. The molecule has 2 rings (SSSR count). The molecule has 1 N–H and O–H groups in total. The van der Waals surface area contributed by atoms with E-state index in [1.807, 2.05) is 6.92 Å². The summed E-state index contributed by atoms with van der Waals surface area (Å²) in [5.41, 5.74) is 1.08. The maximum atomic E-state index is 14.1. The van der Waals surface area contributed by atoms with Gasteiger partial charge in [-0.1, -0.05) is 29.8 Å². The third kappa shape index (κ3) is 4.31. The first-order valence-electron chi connectivity index (χ1n) is 8.07. The van der Waals surface area contributed by atoms with Gasteiger partial charge < -0.3 is 5.32 Å². The fourth-order valence-corrected chi connectivity index (χ4v) is 4.20. The van der Waals surface area contributed by atoms with Crippen LogP contribution in [0, 0.1) is 12.7 Å². The van der Waals surface area contributed by atoms with Gasteiger partial charge in [-0.25, -0.2) is 12.8 Å². The lowest BCUT2D eigenvalue weighted by Gasteiger charge is -2.19. The Morgan fingerprint density at radius 1 is 1.15 bits per heavy atom. The molecule has 0 radical (unpaired) electrons. The number of aryl methyl sites for hydroxylation is 1. The zero-order valence-corrected chi connectivity index (χ0v) is 17.1. The first kappa shape index (κ1) is 20.5. The standard InChI is InChI=1S/C18H20BrFN2O3S/c1-4-22(5-2)26(24,25)14-7-9-17(20)15(11-14)18(23)21-13-6-8-16(19)12(3)10-13/h6-11H,4-5H2,1-3H3,(H,21,23). The van der Waals surface area contributed by atoms with E-state index in [9.17, 15) is 17.6 Å². The Morgan fingerprint density at radius 3 is 2.38 bits per heavy atom. The van der Waals surface area contributed by atoms with E-state index in [2.05, 4.69) is 21.2 Å². The van der Waals surface area contributed by atoms with Gasteiger partial charge in [0.2, 0.25) is 10.0 Å². The van der Waals surface area contributed by atoms with Crippen molar-refractivity contribution in [2.24, 2.45) is 0 Å². The summed E-state index contributed by atoms with van der Waals surface area (Å²) in [6.07, 6.45) is 0. The van der Waals surface area contributed by atoms with Crippen LogP contribution in [-0.2, 0) is 10.0 Å². The molecule has 0 heterocycles. The molecule has 0 atom stereocenters. The number of benzene rings is 2. The van der Waals surface area contributed by atoms with Gasteiger partial charge in [0.25, 0.3) is 5.91 Å². The van der Waals surface area contributed by atoms with Crippen LogP contribution in [0.2, 0.25) is 0 Å². The highest BCUT2D eigenvalue weighted by Gasteiger charge is 2.24. The molecule has 0 aliphatic rings. The molecule has 0 aliphatic heterocycles. The SMILES string of the molecule is CCN(CC)S(=O)(=O)c1ccc(F)c(C(=O)Nc2ccc(Br)c(C)c2)c1. The molecule has 0 spiro atoms. The number of carbonyl (C=O) groups excluding carboxylic acids is 1. The monoisotopic (exact) mass is 442 g/mol. The predicted octanol–water partition coefficient (Wildman–Crippen LogP) is 4.18. The molecular formula is C18H20BrFN2O3S. The number of hydrogen-bond donors (Lipinski definition) is 1. The molecule has 2 aromatic carbocycles. The van der Waals surface area contributed by atoms with Crippen LogP contribution in [0.15, 0.2) is 45.8 Å². The highest BCUT2D eigenvalue weighted by Crippen LogP contribution is 2.23. The molecule has 8 heteroatoms. The average Bonchev–Trinajstić information content (AvgIpc) is 2.59. The first-order valence-corrected chi connectivity index (χ1v) is 10.3. The molecule has 0 bridgehead atoms. The van der Waals surface area contributed by atoms with Crippen molar-refractivity contribution in [2.45, 2.75) is 25.7 Å². The number of hydrogen-bond acceptors (Lipinski definition) is 3. The number of nitrogens with zero attached hydrogens (tertiary/aromatic N) is 1. The lowest BCUT2D eigenvalue weighted by Crippen LogP contribution is -2.31. The number of carbonyl (C=O) groups is 1. The van der Waals surface area contributed by atoms with Crippen molar-refractivity contribution in [1.29, 1.82) is 0 Å². The molecule has 0 unspecified atom stereocenters. The van der Waals surface area contributed by atoms with Gasteiger partial charge in [0.15, 0.2) is 0 Å². The smallest absolute Gasteiger partial charge is 0.258 e. The molecule has 0 fully saturated rings. The van der Waals surface area contributed by atoms with E-state index in [4.69, 9.17) is 0 Å². The van der Waals surface area contributed by atoms with E-state index >= 15 is 0 Å². The van der Waals surface area contributed by atoms with Crippen molar-refractivity contribution in [2.75, 3.05) is 18.4 Å². The number of nitrogens with one attached hydrogen (secondary N) is 1. The summed E-state index contributed by atoms with van der Waals surface area (Å²) < 4.78 is 41.5. The topological polar surface area (TPSA) is 66.5 Å². The molecule has 0 aromatic heterocycles. The largest absolute Gasteiger partial charge is 0.322 e. The molecule has 2 aromatic rings. The zero-order valence-electron chi connectivity index (χ0n) is 14.7. The number of rotatable bonds is 6. The number of halogens is 2. The Balaban J connectivity index is 2.37. The third-order valence-electron chi connectivity index (χ3n) is 3.94. The molecule has 0 saturated heterocycles. The second-order valence-electron chi connectivity index (χ2n) is 5.65. The Kier molecular flexibility index (Phi) is 6.54. The second-order valence-corrected chi connectivity index (χ2v) is 8.44. The molecule has 26 heavy (non-hydrogen) atoms. The Morgan fingerprint density at radius 2 is 1.81 bits per heavy atom. The number of amides is 1. The normalized spacial score (nSPS) is 11.6. The van der Waals surface area contributed by atoms with Crippen LogP contribution in [-0.4, -0.2) is 31.7 Å². The van der Waals surface area contributed by atoms with Crippen molar-refractivity contribution in [1.82, 2.24) is 4.31 Å². The van der Waals surface area contributed by atoms with Crippen LogP contribution < -0.4 is 5.32 Å². The van der Waals surface area contributed by atoms with Crippen LogP contribution >= 0.6 is 15.9 Å². The minimum atomic E-state index is -3.78. The fourth-order valence-electron chi connectivity index (χ4n) is 2.47. The molecule has 5 nitrogen and oxygen atoms in total. The van der Waals surface area contributed by atoms with Crippen LogP contribution in [0.1, 0.15) is 29.8 Å². The summed E-state index contributed by atoms with van der Waals surface area (Å²) >= 11 is 3.37. The third-order valence-corrected chi connectivity index (χ3v) is 6.88. The predicted molar refractivity (Wildman–Crippen MR) is 103 cm³/mol. The summed E-state index contributed by atoms with van der Waals surface area (Å²) in [5, 5.41) is 2.59. The quantitative estimate of drug-likeness (QED) is 0.729. The number of sulfonamides is 1. The molecule has 1 amide bonds. The minimum Gasteiger partial charge on any atom is -0.322 e. The minimum absolute atomic E-state index is 0.111. The van der Waals surface area contributed by atoms with Crippen molar-refractivity contribution >= 4 is 37.5 Å². The lowest BCUT2D eigenvalue weighted by molar-refractivity contribution is 0.102. The van der Waals surface area contributed by atoms with Crippen molar-refractivity contribution in [3.8, 4) is 0 Å². The summed E-state index contributed by atoms with van der Waals surface area (Å²) in [7, 11) is -3.78. The maximum Gasteiger partial charge on any atom is 0.258 e. The van der Waals surface area contributed by atoms with Crippen molar-refractivity contribution in [3.05, 3.63) is 57.8 Å². The van der Waals surface area contributed by atoms with Crippen LogP contribution in [0.25, 0.3) is 0 Å². The maximum absolute atomic E-state index is 14.1. The summed E-state index contributed by atoms with van der Waals surface area (Å²) in [6.45, 7) is 5.87. The summed E-state index contributed by atoms with van der Waals surface area (Å²) in [4.78, 5) is 12.3. The average molecular weight is 443 g/mol. The van der Waals surface area contributed by atoms with Gasteiger partial charge in [-0.15, -0.1) is 0 Å². The van der Waals surface area contributed by atoms with Gasteiger partial charge in [0, 0.05) is 23.2 Å². The van der Waals surface area contributed by atoms with Gasteiger partial charge in [-0.05, 0) is 48.9 Å². The van der Waals surface area contributed by atoms with Crippen molar-refractivity contribution in [3.63, 3.8) is 0 Å². The Hall–Kier alpha value is -1.77. The van der Waals surface area contributed by atoms with E-state index < -0.39 is 21.7 Å². The van der Waals surface area contributed by atoms with Gasteiger partial charge in [-0.3, -0.25) is 4.79 Å². The van der Waals surface area contributed by atoms with Crippen LogP contribution in [0.4, 0.5) is 10.1 Å². The molecular weight excluding hydrogens is 423 g/mol. The summed E-state index contributed by atoms with van der Waals surface area (Å²) in [6, 6.07) is 8.41.